The molecule has 2 rings (SSSR count). The van der Waals surface area contributed by atoms with E-state index in [0.29, 0.717) is 6.04 Å². The minimum Gasteiger partial charge on any atom is -0.472 e. The molecule has 0 aliphatic rings. The van der Waals surface area contributed by atoms with E-state index >= 15 is 0 Å². The summed E-state index contributed by atoms with van der Waals surface area (Å²) in [4.78, 5) is 1.27. The van der Waals surface area contributed by atoms with Crippen molar-refractivity contribution in [3.63, 3.8) is 0 Å². The van der Waals surface area contributed by atoms with Crippen LogP contribution in [0.25, 0.3) is 0 Å². The van der Waals surface area contributed by atoms with E-state index < -0.39 is 0 Å². The molecule has 104 valence electrons. The molecule has 0 aliphatic carbocycles. The Morgan fingerprint density at radius 1 is 1.37 bits per heavy atom. The number of nitrogens with one attached hydrogen (secondary N) is 1. The van der Waals surface area contributed by atoms with E-state index in [9.17, 15) is 0 Å². The molecule has 4 heteroatoms. The Labute approximate surface area is 118 Å². The van der Waals surface area contributed by atoms with E-state index in [1.165, 1.54) is 10.4 Å². The van der Waals surface area contributed by atoms with E-state index in [2.05, 4.69) is 29.8 Å². The number of rotatable bonds is 8. The summed E-state index contributed by atoms with van der Waals surface area (Å²) < 4.78 is 5.19. The van der Waals surface area contributed by atoms with Crippen molar-refractivity contribution in [2.24, 2.45) is 5.73 Å². The fourth-order valence-electron chi connectivity index (χ4n) is 2.17. The van der Waals surface area contributed by atoms with Gasteiger partial charge in [-0.2, -0.15) is 0 Å². The molecule has 0 aliphatic heterocycles. The smallest absolute Gasteiger partial charge is 0.0950 e. The number of hydrogen-bond acceptors (Lipinski definition) is 4. The van der Waals surface area contributed by atoms with Gasteiger partial charge >= 0.3 is 0 Å². The highest BCUT2D eigenvalue weighted by atomic mass is 32.1. The first-order valence-electron chi connectivity index (χ1n) is 6.85. The lowest BCUT2D eigenvalue weighted by Gasteiger charge is -2.19. The van der Waals surface area contributed by atoms with Gasteiger partial charge < -0.3 is 15.5 Å². The van der Waals surface area contributed by atoms with Gasteiger partial charge in [-0.05, 0) is 43.3 Å². The van der Waals surface area contributed by atoms with Gasteiger partial charge in [-0.15, -0.1) is 11.3 Å². The minimum atomic E-state index is 0.137. The predicted octanol–water partition coefficient (Wildman–Crippen LogP) is 3.86. The molecule has 0 bridgehead atoms. The Hall–Kier alpha value is -1.10. The lowest BCUT2D eigenvalue weighted by atomic mass is 10.0. The van der Waals surface area contributed by atoms with Crippen LogP contribution in [0.1, 0.15) is 48.7 Å². The summed E-state index contributed by atoms with van der Waals surface area (Å²) in [6.07, 6.45) is 6.69. The van der Waals surface area contributed by atoms with Crippen LogP contribution >= 0.6 is 11.3 Å². The topological polar surface area (TPSA) is 51.2 Å². The summed E-state index contributed by atoms with van der Waals surface area (Å²) in [6, 6.07) is 6.68. The van der Waals surface area contributed by atoms with Crippen LogP contribution in [0.2, 0.25) is 0 Å². The number of nitrogens with two attached hydrogens (primary N) is 1. The second kappa shape index (κ2) is 7.48. The molecule has 0 aromatic carbocycles. The molecule has 2 heterocycles. The zero-order valence-electron chi connectivity index (χ0n) is 11.3. The van der Waals surface area contributed by atoms with E-state index in [1.54, 1.807) is 17.6 Å². The zero-order chi connectivity index (χ0) is 13.5. The van der Waals surface area contributed by atoms with Crippen LogP contribution in [0.15, 0.2) is 40.5 Å². The van der Waals surface area contributed by atoms with Crippen LogP contribution < -0.4 is 11.1 Å². The number of hydrogen-bond donors (Lipinski definition) is 2. The van der Waals surface area contributed by atoms with Gasteiger partial charge in [-0.1, -0.05) is 13.0 Å². The van der Waals surface area contributed by atoms with E-state index in [0.717, 1.165) is 25.8 Å². The van der Waals surface area contributed by atoms with Crippen molar-refractivity contribution in [1.82, 2.24) is 5.32 Å². The van der Waals surface area contributed by atoms with Crippen LogP contribution in [0.3, 0.4) is 0 Å². The maximum Gasteiger partial charge on any atom is 0.0950 e. The lowest BCUT2D eigenvalue weighted by molar-refractivity contribution is 0.455. The highest BCUT2D eigenvalue weighted by Crippen LogP contribution is 2.26. The molecular weight excluding hydrogens is 256 g/mol. The lowest BCUT2D eigenvalue weighted by Crippen LogP contribution is -2.23. The molecule has 19 heavy (non-hydrogen) atoms. The van der Waals surface area contributed by atoms with Gasteiger partial charge in [0.05, 0.1) is 12.5 Å². The molecule has 0 spiro atoms. The Morgan fingerprint density at radius 2 is 2.26 bits per heavy atom. The standard InChI is InChI=1S/C15H22N2OS/c1-2-8-17-14(12-7-9-18-11-12)6-5-13(16)15-4-3-10-19-15/h3-4,7,9-11,13-14,17H,2,5-6,8,16H2,1H3. The van der Waals surface area contributed by atoms with Gasteiger partial charge in [0.25, 0.3) is 0 Å². The van der Waals surface area contributed by atoms with Gasteiger partial charge in [0, 0.05) is 22.5 Å². The van der Waals surface area contributed by atoms with E-state index in [1.807, 2.05) is 12.3 Å². The summed E-state index contributed by atoms with van der Waals surface area (Å²) in [7, 11) is 0. The quantitative estimate of drug-likeness (QED) is 0.771. The largest absolute Gasteiger partial charge is 0.472 e. The third-order valence-corrected chi connectivity index (χ3v) is 4.27. The molecule has 2 aromatic heterocycles. The molecule has 0 amide bonds. The third-order valence-electron chi connectivity index (χ3n) is 3.26. The van der Waals surface area contributed by atoms with Crippen LogP contribution in [0.4, 0.5) is 0 Å². The summed E-state index contributed by atoms with van der Waals surface area (Å²) in [6.45, 7) is 3.20. The van der Waals surface area contributed by atoms with Crippen molar-refractivity contribution in [2.75, 3.05) is 6.54 Å². The molecule has 2 unspecified atom stereocenters. The van der Waals surface area contributed by atoms with E-state index in [-0.39, 0.29) is 6.04 Å². The van der Waals surface area contributed by atoms with Crippen LogP contribution in [-0.2, 0) is 0 Å². The number of thiophene rings is 1. The fraction of sp³-hybridized carbons (Fsp3) is 0.467. The molecule has 2 atom stereocenters. The van der Waals surface area contributed by atoms with Crippen molar-refractivity contribution >= 4 is 11.3 Å². The Morgan fingerprint density at radius 3 is 2.89 bits per heavy atom. The first kappa shape index (κ1) is 14.3. The first-order valence-corrected chi connectivity index (χ1v) is 7.73. The predicted molar refractivity (Wildman–Crippen MR) is 80.2 cm³/mol. The molecule has 0 saturated carbocycles. The highest BCUT2D eigenvalue weighted by Gasteiger charge is 2.15. The Kier molecular flexibility index (Phi) is 5.63. The van der Waals surface area contributed by atoms with Crippen LogP contribution in [-0.4, -0.2) is 6.54 Å². The summed E-state index contributed by atoms with van der Waals surface area (Å²) in [5, 5.41) is 5.64. The van der Waals surface area contributed by atoms with E-state index in [4.69, 9.17) is 10.2 Å². The van der Waals surface area contributed by atoms with Crippen LogP contribution in [0, 0.1) is 0 Å². The molecule has 0 fully saturated rings. The molecule has 3 N–H and O–H groups in total. The van der Waals surface area contributed by atoms with Crippen molar-refractivity contribution in [1.29, 1.82) is 0 Å². The van der Waals surface area contributed by atoms with Crippen molar-refractivity contribution in [2.45, 2.75) is 38.3 Å². The maximum absolute atomic E-state index is 6.23. The average molecular weight is 278 g/mol. The van der Waals surface area contributed by atoms with Gasteiger partial charge in [-0.25, -0.2) is 0 Å². The number of furan rings is 1. The summed E-state index contributed by atoms with van der Waals surface area (Å²) in [5.41, 5.74) is 7.44. The summed E-state index contributed by atoms with van der Waals surface area (Å²) in [5.74, 6) is 0. The Balaban J connectivity index is 1.89. The monoisotopic (exact) mass is 278 g/mol. The minimum absolute atomic E-state index is 0.137. The van der Waals surface area contributed by atoms with Crippen LogP contribution in [0.5, 0.6) is 0 Å². The average Bonchev–Trinajstić information content (AvgIpc) is 3.11. The molecule has 3 nitrogen and oxygen atoms in total. The van der Waals surface area contributed by atoms with Gasteiger partial charge in [0.2, 0.25) is 0 Å². The summed E-state index contributed by atoms with van der Waals surface area (Å²) >= 11 is 1.73. The molecular formula is C15H22N2OS. The fourth-order valence-corrected chi connectivity index (χ4v) is 2.93. The van der Waals surface area contributed by atoms with Crippen molar-refractivity contribution in [3.8, 4) is 0 Å². The molecule has 0 saturated heterocycles. The third kappa shape index (κ3) is 4.20. The van der Waals surface area contributed by atoms with Crippen molar-refractivity contribution in [3.05, 3.63) is 46.5 Å². The van der Waals surface area contributed by atoms with Gasteiger partial charge in [0.1, 0.15) is 0 Å². The highest BCUT2D eigenvalue weighted by molar-refractivity contribution is 7.10. The first-order chi connectivity index (χ1) is 9.31. The second-order valence-corrected chi connectivity index (χ2v) is 5.74. The normalized spacial score (nSPS) is 14.4. The molecule has 0 radical (unpaired) electrons. The Bertz CT molecular complexity index is 439. The van der Waals surface area contributed by atoms with Gasteiger partial charge in [0.15, 0.2) is 0 Å². The SMILES string of the molecule is CCCNC(CCC(N)c1cccs1)c1ccoc1. The van der Waals surface area contributed by atoms with Gasteiger partial charge in [-0.3, -0.25) is 0 Å². The zero-order valence-corrected chi connectivity index (χ0v) is 12.2. The van der Waals surface area contributed by atoms with Crippen molar-refractivity contribution < 1.29 is 4.42 Å². The second-order valence-electron chi connectivity index (χ2n) is 4.76. The maximum atomic E-state index is 6.23. The molecule has 2 aromatic rings.